The molecule has 0 spiro atoms. The molecule has 0 aliphatic heterocycles. The molecule has 0 amide bonds. The Morgan fingerprint density at radius 2 is 0.707 bits per heavy atom. The summed E-state index contributed by atoms with van der Waals surface area (Å²) in [6, 6.07) is 0. The van der Waals surface area contributed by atoms with Crippen molar-refractivity contribution >= 4 is 7.82 Å². The molecule has 3 atom stereocenters. The maximum Gasteiger partial charge on any atom is 0.475 e. The maximum atomic E-state index is 13.3. The first-order valence-electron chi connectivity index (χ1n) is 14.9. The van der Waals surface area contributed by atoms with Crippen molar-refractivity contribution in [1.82, 2.24) is 0 Å². The molecule has 0 N–H and O–H groups in total. The van der Waals surface area contributed by atoms with E-state index in [1.54, 1.807) is 0 Å². The normalized spacial score (nSPS) is 15.6. The molecular formula is C27H57O13P. The molecule has 0 saturated carbocycles. The van der Waals surface area contributed by atoms with E-state index >= 15 is 0 Å². The van der Waals surface area contributed by atoms with Crippen LogP contribution in [0.2, 0.25) is 0 Å². The summed E-state index contributed by atoms with van der Waals surface area (Å²) in [5.74, 6) is 0. The summed E-state index contributed by atoms with van der Waals surface area (Å²) in [5, 5.41) is 0. The molecule has 0 bridgehead atoms. The van der Waals surface area contributed by atoms with Crippen LogP contribution in [0.3, 0.4) is 0 Å². The van der Waals surface area contributed by atoms with Gasteiger partial charge in [-0.05, 0) is 40.0 Å². The Bertz CT molecular complexity index is 511. The molecule has 0 radical (unpaired) electrons. The zero-order valence-electron chi connectivity index (χ0n) is 26.2. The van der Waals surface area contributed by atoms with Gasteiger partial charge >= 0.3 is 7.82 Å². The summed E-state index contributed by atoms with van der Waals surface area (Å²) >= 11 is 0. The van der Waals surface area contributed by atoms with Gasteiger partial charge in [0.05, 0.1) is 59.5 Å². The van der Waals surface area contributed by atoms with Gasteiger partial charge in [0.1, 0.15) is 0 Å². The lowest BCUT2D eigenvalue weighted by Gasteiger charge is -2.21. The third kappa shape index (κ3) is 24.8. The van der Waals surface area contributed by atoms with E-state index in [0.717, 1.165) is 19.3 Å². The standard InChI is InChI=1S/C27H57O13P/c1-7-13-35-25(32-10-4)22-29-16-19-38-41(28,39-20-17-30-23-26(33-11-5)36-14-8-2)40-21-18-31-24-27(34-12-6)37-15-9-3/h25-27H,7-24H2,1-6H3. The van der Waals surface area contributed by atoms with E-state index in [4.69, 9.17) is 56.2 Å². The SMILES string of the molecule is CCCOC(COCCOP(=O)(OCCOCC(OCC)OCCC)OCCOCC(OCC)OCCC)OCC. The van der Waals surface area contributed by atoms with E-state index in [-0.39, 0.29) is 59.5 Å². The van der Waals surface area contributed by atoms with Crippen LogP contribution in [0.15, 0.2) is 0 Å². The summed E-state index contributed by atoms with van der Waals surface area (Å²) in [4.78, 5) is 0. The number of phosphoric ester groups is 1. The molecule has 3 unspecified atom stereocenters. The molecule has 0 aliphatic rings. The summed E-state index contributed by atoms with van der Waals surface area (Å²) in [6.07, 6.45) is 1.18. The van der Waals surface area contributed by atoms with Crippen LogP contribution in [0.1, 0.15) is 60.8 Å². The maximum absolute atomic E-state index is 13.3. The van der Waals surface area contributed by atoms with Crippen LogP contribution in [-0.4, -0.2) is 118 Å². The molecule has 41 heavy (non-hydrogen) atoms. The molecule has 0 aromatic heterocycles. The Labute approximate surface area is 247 Å². The van der Waals surface area contributed by atoms with Crippen LogP contribution in [-0.2, 0) is 60.8 Å². The highest BCUT2D eigenvalue weighted by Gasteiger charge is 2.27. The van der Waals surface area contributed by atoms with E-state index < -0.39 is 26.7 Å². The Morgan fingerprint density at radius 1 is 0.415 bits per heavy atom. The van der Waals surface area contributed by atoms with Crippen LogP contribution in [0.25, 0.3) is 0 Å². The monoisotopic (exact) mass is 620 g/mol. The van der Waals surface area contributed by atoms with Crippen LogP contribution in [0.4, 0.5) is 0 Å². The molecule has 0 saturated heterocycles. The quantitative estimate of drug-likeness (QED) is 0.0578. The zero-order valence-corrected chi connectivity index (χ0v) is 27.1. The second-order valence-electron chi connectivity index (χ2n) is 8.44. The molecule has 0 aliphatic carbocycles. The fourth-order valence-corrected chi connectivity index (χ4v) is 4.13. The fraction of sp³-hybridized carbons (Fsp3) is 1.00. The van der Waals surface area contributed by atoms with Crippen molar-refractivity contribution in [3.8, 4) is 0 Å². The molecule has 0 aromatic carbocycles. The van der Waals surface area contributed by atoms with Gasteiger partial charge in [0, 0.05) is 39.6 Å². The molecule has 13 nitrogen and oxygen atoms in total. The Morgan fingerprint density at radius 3 is 0.951 bits per heavy atom. The predicted molar refractivity (Wildman–Crippen MR) is 153 cm³/mol. The van der Waals surface area contributed by atoms with E-state index in [9.17, 15) is 4.57 Å². The van der Waals surface area contributed by atoms with Crippen molar-refractivity contribution in [3.05, 3.63) is 0 Å². The van der Waals surface area contributed by atoms with Gasteiger partial charge in [0.15, 0.2) is 18.9 Å². The van der Waals surface area contributed by atoms with Gasteiger partial charge in [-0.1, -0.05) is 20.8 Å². The average molecular weight is 621 g/mol. The summed E-state index contributed by atoms with van der Waals surface area (Å²) < 4.78 is 79.7. The Kier molecular flexibility index (Phi) is 29.6. The zero-order chi connectivity index (χ0) is 30.4. The van der Waals surface area contributed by atoms with Crippen molar-refractivity contribution in [2.45, 2.75) is 79.7 Å². The van der Waals surface area contributed by atoms with Crippen LogP contribution in [0.5, 0.6) is 0 Å². The summed E-state index contributed by atoms with van der Waals surface area (Å²) in [5.41, 5.74) is 0. The van der Waals surface area contributed by atoms with Gasteiger partial charge in [-0.15, -0.1) is 0 Å². The predicted octanol–water partition coefficient (Wildman–Crippen LogP) is 4.56. The van der Waals surface area contributed by atoms with E-state index in [2.05, 4.69) is 0 Å². The van der Waals surface area contributed by atoms with Gasteiger partial charge in [-0.2, -0.15) is 0 Å². The van der Waals surface area contributed by atoms with Crippen LogP contribution in [0, 0.1) is 0 Å². The minimum atomic E-state index is -3.93. The van der Waals surface area contributed by atoms with E-state index in [0.29, 0.717) is 39.6 Å². The molecule has 248 valence electrons. The smallest absolute Gasteiger partial charge is 0.374 e. The van der Waals surface area contributed by atoms with E-state index in [1.165, 1.54) is 0 Å². The van der Waals surface area contributed by atoms with Crippen molar-refractivity contribution in [1.29, 1.82) is 0 Å². The second kappa shape index (κ2) is 29.8. The molecule has 0 aromatic rings. The topological polar surface area (TPSA) is 128 Å². The molecular weight excluding hydrogens is 563 g/mol. The fourth-order valence-electron chi connectivity index (χ4n) is 3.01. The highest BCUT2D eigenvalue weighted by Crippen LogP contribution is 2.49. The Hall–Kier alpha value is -0.250. The third-order valence-electron chi connectivity index (χ3n) is 4.77. The largest absolute Gasteiger partial charge is 0.475 e. The van der Waals surface area contributed by atoms with Crippen molar-refractivity contribution < 1.29 is 60.8 Å². The first-order valence-corrected chi connectivity index (χ1v) is 16.4. The van der Waals surface area contributed by atoms with Crippen molar-refractivity contribution in [2.75, 3.05) is 99.1 Å². The first kappa shape index (κ1) is 40.8. The number of ether oxygens (including phenoxy) is 9. The van der Waals surface area contributed by atoms with Gasteiger partial charge in [-0.3, -0.25) is 13.6 Å². The van der Waals surface area contributed by atoms with Gasteiger partial charge in [0.2, 0.25) is 0 Å². The number of rotatable bonds is 33. The summed E-state index contributed by atoms with van der Waals surface area (Å²) in [6.45, 7) is 15.9. The highest BCUT2D eigenvalue weighted by atomic mass is 31.2. The van der Waals surface area contributed by atoms with Gasteiger partial charge in [-0.25, -0.2) is 4.57 Å². The Balaban J connectivity index is 4.68. The van der Waals surface area contributed by atoms with E-state index in [1.807, 2.05) is 41.5 Å². The first-order chi connectivity index (χ1) is 20.0. The average Bonchev–Trinajstić information content (AvgIpc) is 2.96. The van der Waals surface area contributed by atoms with Crippen LogP contribution < -0.4 is 0 Å². The number of phosphoric acid groups is 1. The molecule has 0 heterocycles. The molecule has 14 heteroatoms. The highest BCUT2D eigenvalue weighted by molar-refractivity contribution is 7.48. The van der Waals surface area contributed by atoms with Crippen molar-refractivity contribution in [3.63, 3.8) is 0 Å². The summed E-state index contributed by atoms with van der Waals surface area (Å²) in [7, 11) is -3.93. The van der Waals surface area contributed by atoms with Gasteiger partial charge in [0.25, 0.3) is 0 Å². The lowest BCUT2D eigenvalue weighted by Crippen LogP contribution is -2.25. The lowest BCUT2D eigenvalue weighted by molar-refractivity contribution is -0.172. The van der Waals surface area contributed by atoms with Gasteiger partial charge < -0.3 is 42.6 Å². The minimum Gasteiger partial charge on any atom is -0.374 e. The number of hydrogen-bond acceptors (Lipinski definition) is 13. The minimum absolute atomic E-state index is 0.0276. The second-order valence-corrected chi connectivity index (χ2v) is 10.1. The number of hydrogen-bond donors (Lipinski definition) is 0. The third-order valence-corrected chi connectivity index (χ3v) is 6.27. The molecule has 0 fully saturated rings. The van der Waals surface area contributed by atoms with Crippen LogP contribution >= 0.6 is 7.82 Å². The van der Waals surface area contributed by atoms with Crippen molar-refractivity contribution in [2.24, 2.45) is 0 Å². The molecule has 0 rings (SSSR count). The lowest BCUT2D eigenvalue weighted by atomic mass is 10.5.